The van der Waals surface area contributed by atoms with Crippen molar-refractivity contribution in [3.05, 3.63) is 0 Å². The van der Waals surface area contributed by atoms with E-state index in [4.69, 9.17) is 0 Å². The topological polar surface area (TPSA) is 20.2 Å². The van der Waals surface area contributed by atoms with Crippen LogP contribution in [0.2, 0.25) is 0 Å². The lowest BCUT2D eigenvalue weighted by atomic mass is 9.44. The van der Waals surface area contributed by atoms with Crippen molar-refractivity contribution in [1.29, 1.82) is 0 Å². The fourth-order valence-electron chi connectivity index (χ4n) is 8.46. The summed E-state index contributed by atoms with van der Waals surface area (Å²) >= 11 is 0. The summed E-state index contributed by atoms with van der Waals surface area (Å²) in [6, 6.07) is 0. The van der Waals surface area contributed by atoms with Crippen molar-refractivity contribution in [2.75, 3.05) is 0 Å². The minimum atomic E-state index is -0.498. The molecule has 23 heavy (non-hydrogen) atoms. The molecule has 4 fully saturated rings. The van der Waals surface area contributed by atoms with Crippen LogP contribution >= 0.6 is 0 Å². The molecule has 0 aliphatic heterocycles. The van der Waals surface area contributed by atoms with Crippen LogP contribution in [0.25, 0.3) is 0 Å². The average molecular weight is 319 g/mol. The molecular formula is C22H38O. The van der Waals surface area contributed by atoms with Crippen LogP contribution < -0.4 is 0 Å². The quantitative estimate of drug-likeness (QED) is 0.647. The second-order valence-electron chi connectivity index (χ2n) is 10.7. The summed E-state index contributed by atoms with van der Waals surface area (Å²) in [6.45, 7) is 9.34. The maximum absolute atomic E-state index is 10.8. The molecule has 4 aliphatic carbocycles. The van der Waals surface area contributed by atoms with Crippen LogP contribution in [0.5, 0.6) is 0 Å². The van der Waals surface area contributed by atoms with E-state index in [-0.39, 0.29) is 0 Å². The van der Waals surface area contributed by atoms with E-state index < -0.39 is 5.60 Å². The minimum Gasteiger partial charge on any atom is -0.390 e. The van der Waals surface area contributed by atoms with Crippen LogP contribution in [0.15, 0.2) is 0 Å². The van der Waals surface area contributed by atoms with Gasteiger partial charge in [0.1, 0.15) is 0 Å². The molecule has 0 amide bonds. The summed E-state index contributed by atoms with van der Waals surface area (Å²) in [7, 11) is 0. The Hall–Kier alpha value is -0.0400. The van der Waals surface area contributed by atoms with Crippen LogP contribution in [-0.2, 0) is 0 Å². The van der Waals surface area contributed by atoms with Gasteiger partial charge >= 0.3 is 0 Å². The van der Waals surface area contributed by atoms with E-state index in [2.05, 4.69) is 27.7 Å². The van der Waals surface area contributed by atoms with Gasteiger partial charge in [0.25, 0.3) is 0 Å². The third-order valence-corrected chi connectivity index (χ3v) is 9.44. The van der Waals surface area contributed by atoms with Crippen molar-refractivity contribution >= 4 is 0 Å². The van der Waals surface area contributed by atoms with Crippen molar-refractivity contribution in [3.8, 4) is 0 Å². The molecule has 1 N–H and O–H groups in total. The van der Waals surface area contributed by atoms with E-state index in [0.717, 1.165) is 23.7 Å². The molecule has 0 saturated heterocycles. The largest absolute Gasteiger partial charge is 0.390 e. The molecule has 0 radical (unpaired) electrons. The first-order chi connectivity index (χ1) is 10.8. The summed E-state index contributed by atoms with van der Waals surface area (Å²) in [5.41, 5.74) is 0.550. The monoisotopic (exact) mass is 318 g/mol. The average Bonchev–Trinajstić information content (AvgIpc) is 2.84. The third kappa shape index (κ3) is 2.28. The number of hydrogen-bond donors (Lipinski definition) is 1. The molecule has 4 rings (SSSR count). The first kappa shape index (κ1) is 16.4. The van der Waals surface area contributed by atoms with E-state index >= 15 is 0 Å². The normalized spacial score (nSPS) is 53.3. The Labute approximate surface area is 143 Å². The van der Waals surface area contributed by atoms with Crippen LogP contribution in [0.1, 0.15) is 91.9 Å². The molecule has 4 aliphatic rings. The van der Waals surface area contributed by atoms with E-state index in [1.54, 1.807) is 0 Å². The van der Waals surface area contributed by atoms with Gasteiger partial charge in [-0.3, -0.25) is 0 Å². The molecule has 0 aromatic carbocycles. The smallest absolute Gasteiger partial charge is 0.0625 e. The Morgan fingerprint density at radius 1 is 0.783 bits per heavy atom. The van der Waals surface area contributed by atoms with Crippen molar-refractivity contribution < 1.29 is 5.11 Å². The Morgan fingerprint density at radius 2 is 1.52 bits per heavy atom. The highest BCUT2D eigenvalue weighted by Gasteiger charge is 2.61. The van der Waals surface area contributed by atoms with Crippen molar-refractivity contribution in [1.82, 2.24) is 0 Å². The number of aliphatic hydroxyl groups is 1. The first-order valence-electron chi connectivity index (χ1n) is 10.5. The summed E-state index contributed by atoms with van der Waals surface area (Å²) in [4.78, 5) is 0. The first-order valence-corrected chi connectivity index (χ1v) is 10.5. The number of fused-ring (bicyclic) bond motifs is 5. The highest BCUT2D eigenvalue weighted by Crippen LogP contribution is 2.68. The zero-order valence-corrected chi connectivity index (χ0v) is 15.9. The molecule has 1 heteroatoms. The fraction of sp³-hybridized carbons (Fsp3) is 1.00. The number of rotatable bonds is 1. The van der Waals surface area contributed by atoms with Crippen LogP contribution in [-0.4, -0.2) is 10.7 Å². The van der Waals surface area contributed by atoms with Crippen LogP contribution in [0.3, 0.4) is 0 Å². The molecule has 0 heterocycles. The minimum absolute atomic E-state index is 0.400. The predicted molar refractivity (Wildman–Crippen MR) is 96.1 cm³/mol. The van der Waals surface area contributed by atoms with Crippen molar-refractivity contribution in [2.45, 2.75) is 97.5 Å². The number of hydrogen-bond acceptors (Lipinski definition) is 1. The maximum atomic E-state index is 10.8. The van der Waals surface area contributed by atoms with Gasteiger partial charge in [0.15, 0.2) is 0 Å². The fourth-order valence-corrected chi connectivity index (χ4v) is 8.46. The van der Waals surface area contributed by atoms with E-state index in [1.807, 2.05) is 0 Å². The molecule has 0 aromatic heterocycles. The lowest BCUT2D eigenvalue weighted by molar-refractivity contribution is -0.130. The van der Waals surface area contributed by atoms with Gasteiger partial charge in [-0.1, -0.05) is 26.7 Å². The highest BCUT2D eigenvalue weighted by atomic mass is 16.3. The summed E-state index contributed by atoms with van der Waals surface area (Å²) in [5.74, 6) is 4.36. The van der Waals surface area contributed by atoms with Crippen LogP contribution in [0.4, 0.5) is 0 Å². The molecule has 0 bridgehead atoms. The van der Waals surface area contributed by atoms with Gasteiger partial charge in [0, 0.05) is 0 Å². The Morgan fingerprint density at radius 3 is 2.26 bits per heavy atom. The van der Waals surface area contributed by atoms with Gasteiger partial charge in [0.2, 0.25) is 0 Å². The summed E-state index contributed by atoms with van der Waals surface area (Å²) in [6.07, 6.45) is 14.4. The van der Waals surface area contributed by atoms with E-state index in [0.29, 0.717) is 16.7 Å². The van der Waals surface area contributed by atoms with Crippen molar-refractivity contribution in [2.24, 2.45) is 40.4 Å². The zero-order valence-electron chi connectivity index (χ0n) is 15.9. The van der Waals surface area contributed by atoms with Gasteiger partial charge in [-0.2, -0.15) is 0 Å². The molecule has 0 spiro atoms. The SMILES string of the molecule is CC(C)(O)[C@H]1CC[C@H]2[C@@H]3CCC4CCCC[C@]4(C)[C@H]3CC[C@]12C. The maximum Gasteiger partial charge on any atom is 0.0625 e. The zero-order chi connectivity index (χ0) is 16.5. The Kier molecular flexibility index (Phi) is 3.73. The second-order valence-corrected chi connectivity index (χ2v) is 10.7. The lowest BCUT2D eigenvalue weighted by Crippen LogP contribution is -2.54. The second kappa shape index (κ2) is 5.23. The van der Waals surface area contributed by atoms with Crippen LogP contribution in [0, 0.1) is 40.4 Å². The lowest BCUT2D eigenvalue weighted by Gasteiger charge is -2.61. The van der Waals surface area contributed by atoms with E-state index in [1.165, 1.54) is 64.2 Å². The standard InChI is InChI=1S/C22H38O/c1-20(2,23)19-11-10-17-16-9-8-15-7-5-6-13-21(15,3)18(16)12-14-22(17,19)4/h15-19,23H,5-14H2,1-4H3/t15?,16-,17-,18-,19+,21-,22-/m0/s1. The predicted octanol–water partition coefficient (Wildman–Crippen LogP) is 5.81. The highest BCUT2D eigenvalue weighted by molar-refractivity contribution is 5.10. The van der Waals surface area contributed by atoms with Crippen molar-refractivity contribution in [3.63, 3.8) is 0 Å². The molecule has 1 nitrogen and oxygen atoms in total. The summed E-state index contributed by atoms with van der Waals surface area (Å²) < 4.78 is 0. The molecule has 0 aromatic rings. The van der Waals surface area contributed by atoms with Gasteiger partial charge in [-0.15, -0.1) is 0 Å². The molecule has 7 atom stereocenters. The van der Waals surface area contributed by atoms with Gasteiger partial charge < -0.3 is 5.11 Å². The van der Waals surface area contributed by atoms with Gasteiger partial charge in [-0.05, 0) is 106 Å². The summed E-state index contributed by atoms with van der Waals surface area (Å²) in [5, 5.41) is 10.8. The van der Waals surface area contributed by atoms with Gasteiger partial charge in [0.05, 0.1) is 5.60 Å². The third-order valence-electron chi connectivity index (χ3n) is 9.44. The molecule has 4 saturated carbocycles. The Bertz CT molecular complexity index is 463. The molecular weight excluding hydrogens is 280 g/mol. The molecule has 132 valence electrons. The van der Waals surface area contributed by atoms with Gasteiger partial charge in [-0.25, -0.2) is 0 Å². The van der Waals surface area contributed by atoms with E-state index in [9.17, 15) is 5.11 Å². The molecule has 1 unspecified atom stereocenters. The Balaban J connectivity index is 1.63.